The van der Waals surface area contributed by atoms with E-state index in [0.29, 0.717) is 17.8 Å². The Balaban J connectivity index is 1.63. The number of hydrogen-bond donors (Lipinski definition) is 1. The monoisotopic (exact) mass is 339 g/mol. The van der Waals surface area contributed by atoms with Crippen molar-refractivity contribution in [2.24, 2.45) is 0 Å². The van der Waals surface area contributed by atoms with Gasteiger partial charge in [0.1, 0.15) is 6.61 Å². The molecule has 3 aromatic rings. The Hall–Kier alpha value is -3.35. The zero-order valence-electron chi connectivity index (χ0n) is 13.6. The van der Waals surface area contributed by atoms with Crippen molar-refractivity contribution < 1.29 is 18.7 Å². The Morgan fingerprint density at radius 3 is 2.88 bits per heavy atom. The van der Waals surface area contributed by atoms with Crippen LogP contribution < -0.4 is 5.32 Å². The van der Waals surface area contributed by atoms with Gasteiger partial charge in [0.2, 0.25) is 0 Å². The zero-order chi connectivity index (χ0) is 17.6. The molecular weight excluding hydrogens is 322 g/mol. The molecule has 0 bridgehead atoms. The number of furan rings is 1. The van der Waals surface area contributed by atoms with Crippen LogP contribution in [0.4, 0.5) is 5.69 Å². The Bertz CT molecular complexity index is 855. The number of benzene rings is 1. The molecule has 0 aliphatic carbocycles. The average molecular weight is 339 g/mol. The maximum atomic E-state index is 12.2. The number of rotatable bonds is 6. The van der Waals surface area contributed by atoms with Crippen LogP contribution in [-0.4, -0.2) is 28.3 Å². The summed E-state index contributed by atoms with van der Waals surface area (Å²) in [6.07, 6.45) is 4.88. The maximum absolute atomic E-state index is 12.2. The van der Waals surface area contributed by atoms with Gasteiger partial charge in [0.25, 0.3) is 5.91 Å². The number of aryl methyl sites for hydroxylation is 1. The second kappa shape index (κ2) is 7.48. The van der Waals surface area contributed by atoms with Gasteiger partial charge in [-0.25, -0.2) is 4.79 Å². The fourth-order valence-corrected chi connectivity index (χ4v) is 2.22. The van der Waals surface area contributed by atoms with E-state index in [-0.39, 0.29) is 18.3 Å². The number of esters is 1. The first-order chi connectivity index (χ1) is 12.1. The number of hydrogen-bond acceptors (Lipinski definition) is 5. The van der Waals surface area contributed by atoms with Crippen molar-refractivity contribution in [1.82, 2.24) is 9.78 Å². The highest BCUT2D eigenvalue weighted by Crippen LogP contribution is 2.19. The number of carbonyl (C=O) groups excluding carboxylic acids is 2. The number of nitrogens with one attached hydrogen (secondary N) is 1. The molecule has 0 spiro atoms. The van der Waals surface area contributed by atoms with E-state index in [1.54, 1.807) is 53.5 Å². The van der Waals surface area contributed by atoms with Gasteiger partial charge in [0.15, 0.2) is 5.76 Å². The minimum absolute atomic E-state index is 0.201. The molecule has 2 aromatic heterocycles. The van der Waals surface area contributed by atoms with Gasteiger partial charge >= 0.3 is 5.97 Å². The largest absolute Gasteiger partial charge is 0.460 e. The first-order valence-corrected chi connectivity index (χ1v) is 7.73. The van der Waals surface area contributed by atoms with Crippen LogP contribution in [0, 0.1) is 6.92 Å². The van der Waals surface area contributed by atoms with E-state index < -0.39 is 5.97 Å². The first kappa shape index (κ1) is 16.5. The Kier molecular flexibility index (Phi) is 4.94. The van der Waals surface area contributed by atoms with E-state index in [4.69, 9.17) is 9.15 Å². The summed E-state index contributed by atoms with van der Waals surface area (Å²) >= 11 is 0. The minimum atomic E-state index is -0.458. The molecule has 7 nitrogen and oxygen atoms in total. The third kappa shape index (κ3) is 4.14. The lowest BCUT2D eigenvalue weighted by Gasteiger charge is -2.10. The van der Waals surface area contributed by atoms with Gasteiger partial charge in [0.05, 0.1) is 18.4 Å². The van der Waals surface area contributed by atoms with Crippen LogP contribution in [0.25, 0.3) is 0 Å². The summed E-state index contributed by atoms with van der Waals surface area (Å²) < 4.78 is 12.0. The fraction of sp³-hybridized carbons (Fsp3) is 0.167. The molecule has 0 saturated heterocycles. The molecule has 1 N–H and O–H groups in total. The fourth-order valence-electron chi connectivity index (χ4n) is 2.22. The van der Waals surface area contributed by atoms with Crippen molar-refractivity contribution in [2.45, 2.75) is 13.5 Å². The lowest BCUT2D eigenvalue weighted by atomic mass is 10.1. The number of aromatic nitrogens is 2. The number of nitrogens with zero attached hydrogens (tertiary/aromatic N) is 2. The van der Waals surface area contributed by atoms with Crippen LogP contribution >= 0.6 is 0 Å². The van der Waals surface area contributed by atoms with Gasteiger partial charge in [-0.05, 0) is 42.8 Å². The van der Waals surface area contributed by atoms with Gasteiger partial charge in [-0.15, -0.1) is 0 Å². The molecule has 0 fully saturated rings. The molecule has 0 atom stereocenters. The van der Waals surface area contributed by atoms with Crippen molar-refractivity contribution in [3.05, 3.63) is 71.9 Å². The summed E-state index contributed by atoms with van der Waals surface area (Å²) in [6.45, 7) is 2.53. The van der Waals surface area contributed by atoms with Gasteiger partial charge in [-0.3, -0.25) is 9.48 Å². The van der Waals surface area contributed by atoms with Crippen LogP contribution in [0.2, 0.25) is 0 Å². The van der Waals surface area contributed by atoms with E-state index >= 15 is 0 Å². The Labute approximate surface area is 144 Å². The van der Waals surface area contributed by atoms with Crippen molar-refractivity contribution in [2.75, 3.05) is 11.9 Å². The zero-order valence-corrected chi connectivity index (χ0v) is 13.6. The third-order valence-electron chi connectivity index (χ3n) is 3.58. The molecule has 25 heavy (non-hydrogen) atoms. The second-order valence-electron chi connectivity index (χ2n) is 5.37. The smallest absolute Gasteiger partial charge is 0.338 e. The number of carbonyl (C=O) groups is 2. The summed E-state index contributed by atoms with van der Waals surface area (Å²) in [4.78, 5) is 24.2. The lowest BCUT2D eigenvalue weighted by Crippen LogP contribution is -2.14. The van der Waals surface area contributed by atoms with Crippen LogP contribution in [-0.2, 0) is 11.3 Å². The average Bonchev–Trinajstić information content (AvgIpc) is 3.30. The predicted molar refractivity (Wildman–Crippen MR) is 90.3 cm³/mol. The van der Waals surface area contributed by atoms with Crippen molar-refractivity contribution in [1.29, 1.82) is 0 Å². The van der Waals surface area contributed by atoms with Crippen molar-refractivity contribution >= 4 is 17.6 Å². The molecule has 0 aliphatic heterocycles. The molecule has 128 valence electrons. The second-order valence-corrected chi connectivity index (χ2v) is 5.37. The van der Waals surface area contributed by atoms with Crippen LogP contribution in [0.5, 0.6) is 0 Å². The molecule has 1 amide bonds. The molecule has 3 rings (SSSR count). The number of amides is 1. The van der Waals surface area contributed by atoms with Crippen LogP contribution in [0.1, 0.15) is 26.5 Å². The van der Waals surface area contributed by atoms with E-state index in [0.717, 1.165) is 5.56 Å². The van der Waals surface area contributed by atoms with Crippen LogP contribution in [0.15, 0.2) is 59.5 Å². The molecule has 2 heterocycles. The number of ether oxygens (including phenoxy) is 1. The molecule has 1 aromatic carbocycles. The summed E-state index contributed by atoms with van der Waals surface area (Å²) in [7, 11) is 0. The SMILES string of the molecule is Cc1ccc(C(=O)OCCn2cccn2)cc1NC(=O)c1ccco1. The highest BCUT2D eigenvalue weighted by Gasteiger charge is 2.13. The summed E-state index contributed by atoms with van der Waals surface area (Å²) in [5.74, 6) is -0.635. The van der Waals surface area contributed by atoms with E-state index in [2.05, 4.69) is 10.4 Å². The molecule has 0 aliphatic rings. The minimum Gasteiger partial charge on any atom is -0.460 e. The van der Waals surface area contributed by atoms with Crippen molar-refractivity contribution in [3.63, 3.8) is 0 Å². The summed E-state index contributed by atoms with van der Waals surface area (Å²) in [5, 5.41) is 6.77. The standard InChI is InChI=1S/C18H17N3O4/c1-13-5-6-14(18(23)25-11-9-21-8-3-7-19-21)12-15(13)20-17(22)16-4-2-10-24-16/h2-8,10,12H,9,11H2,1H3,(H,20,22). The predicted octanol–water partition coefficient (Wildman–Crippen LogP) is 2.89. The van der Waals surface area contributed by atoms with Gasteiger partial charge in [-0.2, -0.15) is 5.10 Å². The molecule has 0 unspecified atom stereocenters. The van der Waals surface area contributed by atoms with E-state index in [1.807, 2.05) is 6.92 Å². The van der Waals surface area contributed by atoms with Crippen LogP contribution in [0.3, 0.4) is 0 Å². The summed E-state index contributed by atoms with van der Waals surface area (Å²) in [5.41, 5.74) is 1.72. The first-order valence-electron chi connectivity index (χ1n) is 7.73. The quantitative estimate of drug-likeness (QED) is 0.698. The molecular formula is C18H17N3O4. The third-order valence-corrected chi connectivity index (χ3v) is 3.58. The number of anilines is 1. The van der Waals surface area contributed by atoms with Gasteiger partial charge in [0, 0.05) is 18.1 Å². The lowest BCUT2D eigenvalue weighted by molar-refractivity contribution is 0.0487. The Morgan fingerprint density at radius 1 is 1.28 bits per heavy atom. The highest BCUT2D eigenvalue weighted by atomic mass is 16.5. The molecule has 0 saturated carbocycles. The van der Waals surface area contributed by atoms with Crippen molar-refractivity contribution in [3.8, 4) is 0 Å². The van der Waals surface area contributed by atoms with E-state index in [9.17, 15) is 9.59 Å². The maximum Gasteiger partial charge on any atom is 0.338 e. The highest BCUT2D eigenvalue weighted by molar-refractivity contribution is 6.03. The van der Waals surface area contributed by atoms with Gasteiger partial charge < -0.3 is 14.5 Å². The summed E-state index contributed by atoms with van der Waals surface area (Å²) in [6, 6.07) is 10.0. The Morgan fingerprint density at radius 2 is 2.16 bits per heavy atom. The normalized spacial score (nSPS) is 10.4. The van der Waals surface area contributed by atoms with Gasteiger partial charge in [-0.1, -0.05) is 6.07 Å². The van der Waals surface area contributed by atoms with E-state index in [1.165, 1.54) is 6.26 Å². The molecule has 7 heteroatoms. The topological polar surface area (TPSA) is 86.4 Å². The molecule has 0 radical (unpaired) electrons.